The molecule has 0 aromatic carbocycles. The molecule has 0 radical (unpaired) electrons. The number of hydrogen-bond donors (Lipinski definition) is 1. The Kier molecular flexibility index (Phi) is 5.83. The lowest BCUT2D eigenvalue weighted by molar-refractivity contribution is 0.0649. The van der Waals surface area contributed by atoms with Crippen LogP contribution in [0.4, 0.5) is 0 Å². The molecule has 0 saturated carbocycles. The second-order valence-corrected chi connectivity index (χ2v) is 8.12. The van der Waals surface area contributed by atoms with E-state index in [1.54, 1.807) is 4.90 Å². The summed E-state index contributed by atoms with van der Waals surface area (Å²) in [5, 5.41) is 2.95. The van der Waals surface area contributed by atoms with Crippen molar-refractivity contribution in [2.24, 2.45) is 5.92 Å². The van der Waals surface area contributed by atoms with Gasteiger partial charge in [-0.3, -0.25) is 4.79 Å². The Morgan fingerprint density at radius 3 is 2.57 bits per heavy atom. The number of sulfonamides is 1. The Morgan fingerprint density at radius 1 is 1.35 bits per heavy atom. The number of likely N-dealkylation sites (tertiary alicyclic amines) is 1. The standard InChI is InChI=1S/C15H25N3O4S/c1-16-9-6-12-7-10-18(11-8-12)15(19)13-4-5-14(22-13)23(20,21)17(2)3/h4-5,12,16H,6-11H2,1-3H3. The number of hydrogen-bond acceptors (Lipinski definition) is 5. The molecule has 1 N–H and O–H groups in total. The van der Waals surface area contributed by atoms with E-state index in [-0.39, 0.29) is 16.8 Å². The zero-order valence-corrected chi connectivity index (χ0v) is 14.7. The van der Waals surface area contributed by atoms with Crippen LogP contribution in [0.5, 0.6) is 0 Å². The third-order valence-electron chi connectivity index (χ3n) is 4.23. The van der Waals surface area contributed by atoms with Gasteiger partial charge in [-0.2, -0.15) is 0 Å². The molecule has 1 aromatic rings. The molecule has 0 atom stereocenters. The maximum atomic E-state index is 12.4. The van der Waals surface area contributed by atoms with Crippen molar-refractivity contribution in [3.05, 3.63) is 17.9 Å². The van der Waals surface area contributed by atoms with Crippen LogP contribution in [0, 0.1) is 5.92 Å². The number of carbonyl (C=O) groups excluding carboxylic acids is 1. The van der Waals surface area contributed by atoms with Crippen molar-refractivity contribution >= 4 is 15.9 Å². The Labute approximate surface area is 137 Å². The molecule has 0 bridgehead atoms. The van der Waals surface area contributed by atoms with Crippen molar-refractivity contribution in [3.8, 4) is 0 Å². The largest absolute Gasteiger partial charge is 0.438 e. The average Bonchev–Trinajstić information content (AvgIpc) is 3.03. The molecule has 130 valence electrons. The maximum Gasteiger partial charge on any atom is 0.289 e. The van der Waals surface area contributed by atoms with Crippen LogP contribution in [0.1, 0.15) is 29.8 Å². The molecule has 1 fully saturated rings. The summed E-state index contributed by atoms with van der Waals surface area (Å²) in [6, 6.07) is 2.77. The highest BCUT2D eigenvalue weighted by atomic mass is 32.2. The minimum Gasteiger partial charge on any atom is -0.438 e. The summed E-state index contributed by atoms with van der Waals surface area (Å²) in [5.41, 5.74) is 0. The lowest BCUT2D eigenvalue weighted by atomic mass is 9.93. The van der Waals surface area contributed by atoms with Gasteiger partial charge in [0.1, 0.15) is 0 Å². The SMILES string of the molecule is CNCCC1CCN(C(=O)c2ccc(S(=O)(=O)N(C)C)o2)CC1. The number of nitrogens with zero attached hydrogens (tertiary/aromatic N) is 2. The second-order valence-electron chi connectivity index (χ2n) is 6.03. The van der Waals surface area contributed by atoms with Gasteiger partial charge in [0.2, 0.25) is 5.09 Å². The van der Waals surface area contributed by atoms with E-state index in [2.05, 4.69) is 5.32 Å². The molecule has 23 heavy (non-hydrogen) atoms. The normalized spacial score (nSPS) is 17.0. The molecule has 0 spiro atoms. The summed E-state index contributed by atoms with van der Waals surface area (Å²) in [4.78, 5) is 14.2. The first-order valence-corrected chi connectivity index (χ1v) is 9.26. The average molecular weight is 343 g/mol. The van der Waals surface area contributed by atoms with Gasteiger partial charge in [0.25, 0.3) is 15.9 Å². The smallest absolute Gasteiger partial charge is 0.289 e. The molecule has 8 heteroatoms. The van der Waals surface area contributed by atoms with Crippen LogP contribution in [0.3, 0.4) is 0 Å². The lowest BCUT2D eigenvalue weighted by Crippen LogP contribution is -2.38. The van der Waals surface area contributed by atoms with Crippen molar-refractivity contribution < 1.29 is 17.6 Å². The van der Waals surface area contributed by atoms with Crippen LogP contribution >= 0.6 is 0 Å². The molecular formula is C15H25N3O4S. The third kappa shape index (κ3) is 4.13. The van der Waals surface area contributed by atoms with E-state index in [1.807, 2.05) is 7.05 Å². The second kappa shape index (κ2) is 7.46. The van der Waals surface area contributed by atoms with E-state index in [1.165, 1.54) is 26.2 Å². The van der Waals surface area contributed by atoms with Gasteiger partial charge in [-0.05, 0) is 50.9 Å². The fourth-order valence-corrected chi connectivity index (χ4v) is 3.48. The molecule has 1 aliphatic heterocycles. The zero-order valence-electron chi connectivity index (χ0n) is 13.9. The minimum absolute atomic E-state index is 0.0825. The van der Waals surface area contributed by atoms with E-state index in [0.717, 1.165) is 30.1 Å². The molecule has 1 aromatic heterocycles. The van der Waals surface area contributed by atoms with Crippen molar-refractivity contribution in [2.75, 3.05) is 40.8 Å². The van der Waals surface area contributed by atoms with Gasteiger partial charge in [-0.1, -0.05) is 0 Å². The lowest BCUT2D eigenvalue weighted by Gasteiger charge is -2.31. The number of nitrogens with one attached hydrogen (secondary N) is 1. The number of furan rings is 1. The molecule has 0 unspecified atom stereocenters. The van der Waals surface area contributed by atoms with Crippen LogP contribution in [0.2, 0.25) is 0 Å². The maximum absolute atomic E-state index is 12.4. The van der Waals surface area contributed by atoms with Gasteiger partial charge in [-0.15, -0.1) is 0 Å². The predicted octanol–water partition coefficient (Wildman–Crippen LogP) is 0.992. The Morgan fingerprint density at radius 2 is 2.00 bits per heavy atom. The van der Waals surface area contributed by atoms with Gasteiger partial charge in [0.05, 0.1) is 0 Å². The molecular weight excluding hydrogens is 318 g/mol. The first-order chi connectivity index (χ1) is 10.9. The summed E-state index contributed by atoms with van der Waals surface area (Å²) in [6.45, 7) is 2.36. The van der Waals surface area contributed by atoms with E-state index in [0.29, 0.717) is 19.0 Å². The quantitative estimate of drug-likeness (QED) is 0.833. The van der Waals surface area contributed by atoms with Crippen molar-refractivity contribution in [2.45, 2.75) is 24.4 Å². The summed E-state index contributed by atoms with van der Waals surface area (Å²) >= 11 is 0. The van der Waals surface area contributed by atoms with E-state index < -0.39 is 10.0 Å². The number of amides is 1. The van der Waals surface area contributed by atoms with Crippen LogP contribution in [-0.2, 0) is 10.0 Å². The van der Waals surface area contributed by atoms with Crippen LogP contribution in [0.25, 0.3) is 0 Å². The topological polar surface area (TPSA) is 82.9 Å². The summed E-state index contributed by atoms with van der Waals surface area (Å²) < 4.78 is 30.3. The third-order valence-corrected chi connectivity index (χ3v) is 5.92. The fourth-order valence-electron chi connectivity index (χ4n) is 2.68. The Hall–Kier alpha value is -1.38. The van der Waals surface area contributed by atoms with E-state index in [9.17, 15) is 13.2 Å². The van der Waals surface area contributed by atoms with Gasteiger partial charge >= 0.3 is 0 Å². The first kappa shape index (κ1) is 18.0. The molecule has 2 heterocycles. The Bertz CT molecular complexity index is 631. The highest BCUT2D eigenvalue weighted by Crippen LogP contribution is 2.23. The number of carbonyl (C=O) groups is 1. The van der Waals surface area contributed by atoms with Crippen LogP contribution in [0.15, 0.2) is 21.6 Å². The molecule has 0 aliphatic carbocycles. The van der Waals surface area contributed by atoms with Crippen molar-refractivity contribution in [3.63, 3.8) is 0 Å². The highest BCUT2D eigenvalue weighted by molar-refractivity contribution is 7.88. The van der Waals surface area contributed by atoms with Crippen molar-refractivity contribution in [1.29, 1.82) is 0 Å². The molecule has 7 nitrogen and oxygen atoms in total. The monoisotopic (exact) mass is 343 g/mol. The number of rotatable bonds is 6. The van der Waals surface area contributed by atoms with Crippen LogP contribution in [-0.4, -0.2) is 64.3 Å². The Balaban J connectivity index is 1.99. The predicted molar refractivity (Wildman–Crippen MR) is 86.8 cm³/mol. The summed E-state index contributed by atoms with van der Waals surface area (Å²) in [7, 11) is 1.14. The summed E-state index contributed by atoms with van der Waals surface area (Å²) in [5.74, 6) is 0.476. The minimum atomic E-state index is -3.65. The molecule has 1 aliphatic rings. The van der Waals surface area contributed by atoms with Gasteiger partial charge in [0.15, 0.2) is 5.76 Å². The van der Waals surface area contributed by atoms with E-state index >= 15 is 0 Å². The number of piperidine rings is 1. The van der Waals surface area contributed by atoms with Gasteiger partial charge < -0.3 is 14.6 Å². The highest BCUT2D eigenvalue weighted by Gasteiger charge is 2.28. The fraction of sp³-hybridized carbons (Fsp3) is 0.667. The molecule has 1 amide bonds. The summed E-state index contributed by atoms with van der Waals surface area (Å²) in [6.07, 6.45) is 3.05. The van der Waals surface area contributed by atoms with Gasteiger partial charge in [0, 0.05) is 27.2 Å². The molecule has 2 rings (SSSR count). The molecule has 1 saturated heterocycles. The first-order valence-electron chi connectivity index (χ1n) is 7.82. The van der Waals surface area contributed by atoms with Gasteiger partial charge in [-0.25, -0.2) is 12.7 Å². The van der Waals surface area contributed by atoms with Crippen molar-refractivity contribution in [1.82, 2.24) is 14.5 Å². The van der Waals surface area contributed by atoms with Crippen LogP contribution < -0.4 is 5.32 Å². The van der Waals surface area contributed by atoms with E-state index in [4.69, 9.17) is 4.42 Å². The zero-order chi connectivity index (χ0) is 17.0.